The van der Waals surface area contributed by atoms with Crippen molar-refractivity contribution < 1.29 is 0 Å². The van der Waals surface area contributed by atoms with Gasteiger partial charge in [-0.15, -0.1) is 0 Å². The third-order valence-electron chi connectivity index (χ3n) is 3.00. The van der Waals surface area contributed by atoms with Crippen LogP contribution in [0.5, 0.6) is 0 Å². The summed E-state index contributed by atoms with van der Waals surface area (Å²) in [5.74, 6) is 0. The zero-order chi connectivity index (χ0) is 13.8. The maximum Gasteiger partial charge on any atom is 0.0837 e. The van der Waals surface area contributed by atoms with Gasteiger partial charge in [-0.05, 0) is 31.2 Å². The van der Waals surface area contributed by atoms with Gasteiger partial charge in [-0.2, -0.15) is 5.10 Å². The molecular formula is C14H17BrClN3. The second-order valence-corrected chi connectivity index (χ2v) is 5.56. The van der Waals surface area contributed by atoms with Crippen molar-refractivity contribution in [3.63, 3.8) is 0 Å². The monoisotopic (exact) mass is 341 g/mol. The minimum absolute atomic E-state index is 0.0532. The molecule has 1 atom stereocenters. The van der Waals surface area contributed by atoms with Crippen molar-refractivity contribution in [1.29, 1.82) is 0 Å². The molecule has 0 aliphatic rings. The topological polar surface area (TPSA) is 29.9 Å². The molecule has 1 aromatic heterocycles. The van der Waals surface area contributed by atoms with E-state index < -0.39 is 0 Å². The van der Waals surface area contributed by atoms with Gasteiger partial charge in [0.2, 0.25) is 0 Å². The Labute approximate surface area is 127 Å². The first-order chi connectivity index (χ1) is 9.17. The van der Waals surface area contributed by atoms with Crippen molar-refractivity contribution in [3.8, 4) is 0 Å². The Morgan fingerprint density at radius 3 is 2.84 bits per heavy atom. The van der Waals surface area contributed by atoms with Crippen LogP contribution in [-0.2, 0) is 6.54 Å². The van der Waals surface area contributed by atoms with E-state index in [2.05, 4.69) is 52.3 Å². The molecule has 0 radical (unpaired) electrons. The van der Waals surface area contributed by atoms with Crippen LogP contribution in [0.25, 0.3) is 0 Å². The molecule has 2 aromatic rings. The van der Waals surface area contributed by atoms with Gasteiger partial charge in [-0.25, -0.2) is 0 Å². The van der Waals surface area contributed by atoms with Crippen molar-refractivity contribution in [1.82, 2.24) is 15.1 Å². The molecule has 0 fully saturated rings. The summed E-state index contributed by atoms with van der Waals surface area (Å²) < 4.78 is 3.00. The number of benzene rings is 1. The van der Waals surface area contributed by atoms with E-state index in [-0.39, 0.29) is 6.04 Å². The van der Waals surface area contributed by atoms with Gasteiger partial charge in [0.05, 0.1) is 23.0 Å². The van der Waals surface area contributed by atoms with Crippen LogP contribution in [0.4, 0.5) is 0 Å². The molecule has 0 aliphatic heterocycles. The van der Waals surface area contributed by atoms with Gasteiger partial charge in [0.1, 0.15) is 0 Å². The van der Waals surface area contributed by atoms with Crippen LogP contribution in [-0.4, -0.2) is 16.3 Å². The zero-order valence-electron chi connectivity index (χ0n) is 11.0. The summed E-state index contributed by atoms with van der Waals surface area (Å²) in [6, 6.07) is 8.31. The number of hydrogen-bond acceptors (Lipinski definition) is 2. The van der Waals surface area contributed by atoms with E-state index in [4.69, 9.17) is 11.6 Å². The molecule has 0 bridgehead atoms. The minimum atomic E-state index is 0.0532. The van der Waals surface area contributed by atoms with E-state index >= 15 is 0 Å². The number of nitrogens with one attached hydrogen (secondary N) is 1. The first-order valence-electron chi connectivity index (χ1n) is 6.37. The number of hydrogen-bond donors (Lipinski definition) is 1. The van der Waals surface area contributed by atoms with E-state index in [1.54, 1.807) is 6.20 Å². The van der Waals surface area contributed by atoms with Crippen LogP contribution in [0.15, 0.2) is 34.9 Å². The van der Waals surface area contributed by atoms with Gasteiger partial charge < -0.3 is 5.32 Å². The second-order valence-electron chi connectivity index (χ2n) is 4.24. The molecular weight excluding hydrogens is 326 g/mol. The summed E-state index contributed by atoms with van der Waals surface area (Å²) >= 11 is 9.82. The van der Waals surface area contributed by atoms with Crippen molar-refractivity contribution in [2.75, 3.05) is 6.54 Å². The highest BCUT2D eigenvalue weighted by molar-refractivity contribution is 9.10. The lowest BCUT2D eigenvalue weighted by Gasteiger charge is -2.20. The van der Waals surface area contributed by atoms with E-state index in [9.17, 15) is 0 Å². The minimum Gasteiger partial charge on any atom is -0.305 e. The molecule has 2 rings (SSSR count). The van der Waals surface area contributed by atoms with E-state index in [1.807, 2.05) is 16.8 Å². The average molecular weight is 343 g/mol. The third kappa shape index (κ3) is 3.19. The molecule has 0 saturated carbocycles. The Kier molecular flexibility index (Phi) is 5.02. The highest BCUT2D eigenvalue weighted by Crippen LogP contribution is 2.29. The molecule has 1 heterocycles. The molecule has 5 heteroatoms. The lowest BCUT2D eigenvalue weighted by Crippen LogP contribution is -2.25. The quantitative estimate of drug-likeness (QED) is 0.889. The Morgan fingerprint density at radius 1 is 1.42 bits per heavy atom. The highest BCUT2D eigenvalue weighted by atomic mass is 79.9. The molecule has 0 spiro atoms. The van der Waals surface area contributed by atoms with Crippen molar-refractivity contribution in [3.05, 3.63) is 51.2 Å². The Balaban J connectivity index is 2.48. The van der Waals surface area contributed by atoms with E-state index in [0.717, 1.165) is 23.3 Å². The van der Waals surface area contributed by atoms with Crippen LogP contribution in [0, 0.1) is 0 Å². The molecule has 0 amide bonds. The van der Waals surface area contributed by atoms with Gasteiger partial charge in [0.15, 0.2) is 0 Å². The van der Waals surface area contributed by atoms with Crippen molar-refractivity contribution in [2.24, 2.45) is 0 Å². The number of aromatic nitrogens is 2. The number of rotatable bonds is 5. The maximum absolute atomic E-state index is 6.31. The fourth-order valence-corrected chi connectivity index (χ4v) is 2.84. The lowest BCUT2D eigenvalue weighted by molar-refractivity contribution is 0.542. The van der Waals surface area contributed by atoms with Crippen molar-refractivity contribution >= 4 is 27.5 Å². The van der Waals surface area contributed by atoms with Crippen molar-refractivity contribution in [2.45, 2.75) is 26.4 Å². The average Bonchev–Trinajstić information content (AvgIpc) is 2.77. The lowest BCUT2D eigenvalue weighted by atomic mass is 10.0. The largest absolute Gasteiger partial charge is 0.305 e. The molecule has 0 saturated heterocycles. The van der Waals surface area contributed by atoms with E-state index in [1.165, 1.54) is 5.56 Å². The fraction of sp³-hybridized carbons (Fsp3) is 0.357. The molecule has 0 aliphatic carbocycles. The maximum atomic E-state index is 6.31. The first-order valence-corrected chi connectivity index (χ1v) is 7.54. The van der Waals surface area contributed by atoms with Gasteiger partial charge in [-0.3, -0.25) is 4.68 Å². The zero-order valence-corrected chi connectivity index (χ0v) is 13.4. The standard InChI is InChI=1S/C14H17BrClN3/c1-3-17-13(10-6-5-7-11(15)8-10)14-12(16)9-18-19(14)4-2/h5-9,13,17H,3-4H2,1-2H3. The summed E-state index contributed by atoms with van der Waals surface area (Å²) in [6.07, 6.45) is 1.71. The van der Waals surface area contributed by atoms with Gasteiger partial charge >= 0.3 is 0 Å². The molecule has 102 valence electrons. The third-order valence-corrected chi connectivity index (χ3v) is 3.78. The van der Waals surface area contributed by atoms with Gasteiger partial charge in [0, 0.05) is 11.0 Å². The summed E-state index contributed by atoms with van der Waals surface area (Å²) in [7, 11) is 0. The molecule has 1 aromatic carbocycles. The number of halogens is 2. The first kappa shape index (κ1) is 14.6. The summed E-state index contributed by atoms with van der Waals surface area (Å²) in [5.41, 5.74) is 2.19. The molecule has 3 nitrogen and oxygen atoms in total. The summed E-state index contributed by atoms with van der Waals surface area (Å²) in [6.45, 7) is 5.82. The van der Waals surface area contributed by atoms with Crippen LogP contribution < -0.4 is 5.32 Å². The normalized spacial score (nSPS) is 12.6. The Hall–Kier alpha value is -0.840. The van der Waals surface area contributed by atoms with Crippen LogP contribution in [0.2, 0.25) is 5.02 Å². The van der Waals surface area contributed by atoms with Gasteiger partial charge in [0.25, 0.3) is 0 Å². The predicted molar refractivity (Wildman–Crippen MR) is 82.6 cm³/mol. The van der Waals surface area contributed by atoms with Crippen LogP contribution in [0.1, 0.15) is 31.1 Å². The predicted octanol–water partition coefficient (Wildman–Crippen LogP) is 4.02. The second kappa shape index (κ2) is 6.55. The smallest absolute Gasteiger partial charge is 0.0837 e. The van der Waals surface area contributed by atoms with E-state index in [0.29, 0.717) is 5.02 Å². The van der Waals surface area contributed by atoms with Crippen LogP contribution >= 0.6 is 27.5 Å². The Bertz CT molecular complexity index is 553. The van der Waals surface area contributed by atoms with Gasteiger partial charge in [-0.1, -0.05) is 46.6 Å². The molecule has 1 unspecified atom stereocenters. The number of aryl methyl sites for hydroxylation is 1. The Morgan fingerprint density at radius 2 is 2.21 bits per heavy atom. The fourth-order valence-electron chi connectivity index (χ4n) is 2.17. The summed E-state index contributed by atoms with van der Waals surface area (Å²) in [4.78, 5) is 0. The SMILES string of the molecule is CCNC(c1cccc(Br)c1)c1c(Cl)cnn1CC. The molecule has 1 N–H and O–H groups in total. The number of nitrogens with zero attached hydrogens (tertiary/aromatic N) is 2. The van der Waals surface area contributed by atoms with Crippen LogP contribution in [0.3, 0.4) is 0 Å². The highest BCUT2D eigenvalue weighted by Gasteiger charge is 2.21. The molecule has 19 heavy (non-hydrogen) atoms. The summed E-state index contributed by atoms with van der Waals surface area (Å²) in [5, 5.41) is 8.50.